The van der Waals surface area contributed by atoms with E-state index in [1.165, 1.54) is 23.1 Å². The third-order valence-corrected chi connectivity index (χ3v) is 5.12. The molecule has 0 saturated carbocycles. The second kappa shape index (κ2) is 8.90. The number of aryl methyl sites for hydroxylation is 2. The highest BCUT2D eigenvalue weighted by Crippen LogP contribution is 2.24. The number of benzene rings is 2. The van der Waals surface area contributed by atoms with Crippen molar-refractivity contribution in [2.75, 3.05) is 18.4 Å². The highest BCUT2D eigenvalue weighted by Gasteiger charge is 2.35. The normalized spacial score (nSPS) is 12.7. The molecule has 0 fully saturated rings. The van der Waals surface area contributed by atoms with E-state index in [2.05, 4.69) is 10.6 Å². The third-order valence-electron chi connectivity index (χ3n) is 5.12. The van der Waals surface area contributed by atoms with Gasteiger partial charge >= 0.3 is 0 Å². The van der Waals surface area contributed by atoms with E-state index in [4.69, 9.17) is 0 Å². The Morgan fingerprint density at radius 2 is 1.63 bits per heavy atom. The fraction of sp³-hybridized carbons (Fsp3) is 0.304. The van der Waals surface area contributed by atoms with Crippen molar-refractivity contribution in [3.8, 4) is 0 Å². The Kier molecular flexibility index (Phi) is 6.30. The van der Waals surface area contributed by atoms with Gasteiger partial charge in [-0.2, -0.15) is 0 Å². The number of carbonyl (C=O) groups excluding carboxylic acids is 4. The third kappa shape index (κ3) is 4.25. The van der Waals surface area contributed by atoms with Crippen LogP contribution in [-0.4, -0.2) is 41.6 Å². The first-order valence-corrected chi connectivity index (χ1v) is 9.98. The molecule has 0 radical (unpaired) electrons. The molecular formula is C23H25N3O4. The van der Waals surface area contributed by atoms with Crippen molar-refractivity contribution in [2.24, 2.45) is 0 Å². The summed E-state index contributed by atoms with van der Waals surface area (Å²) in [6.45, 7) is 5.93. The highest BCUT2D eigenvalue weighted by molar-refractivity contribution is 6.22. The zero-order valence-corrected chi connectivity index (χ0v) is 17.4. The SMILES string of the molecule is CCCCN1C(=O)c2ccc(C(=O)NCC(=O)Nc3c(C)cccc3C)cc2C1=O. The topological polar surface area (TPSA) is 95.6 Å². The molecule has 0 aliphatic carbocycles. The predicted molar refractivity (Wildman–Crippen MR) is 114 cm³/mol. The van der Waals surface area contributed by atoms with Crippen molar-refractivity contribution in [2.45, 2.75) is 33.6 Å². The number of carbonyl (C=O) groups is 4. The fourth-order valence-electron chi connectivity index (χ4n) is 3.41. The summed E-state index contributed by atoms with van der Waals surface area (Å²) in [7, 11) is 0. The second-order valence-corrected chi connectivity index (χ2v) is 7.37. The smallest absolute Gasteiger partial charge is 0.261 e. The van der Waals surface area contributed by atoms with Crippen LogP contribution in [0.4, 0.5) is 5.69 Å². The molecule has 3 rings (SSSR count). The lowest BCUT2D eigenvalue weighted by Gasteiger charge is -2.12. The lowest BCUT2D eigenvalue weighted by molar-refractivity contribution is -0.115. The Bertz CT molecular complexity index is 1010. The van der Waals surface area contributed by atoms with Crippen molar-refractivity contribution in [1.29, 1.82) is 0 Å². The molecule has 7 heteroatoms. The number of para-hydroxylation sites is 1. The van der Waals surface area contributed by atoms with Gasteiger partial charge < -0.3 is 10.6 Å². The summed E-state index contributed by atoms with van der Waals surface area (Å²) in [5.74, 6) is -1.55. The van der Waals surface area contributed by atoms with Crippen LogP contribution in [0.3, 0.4) is 0 Å². The number of nitrogens with zero attached hydrogens (tertiary/aromatic N) is 1. The standard InChI is InChI=1S/C23H25N3O4/c1-4-5-11-26-22(29)17-10-9-16(12-18(17)23(26)30)21(28)24-13-19(27)25-20-14(2)7-6-8-15(20)3/h6-10,12H,4-5,11,13H2,1-3H3,(H,24,28)(H,25,27). The number of nitrogens with one attached hydrogen (secondary N) is 2. The van der Waals surface area contributed by atoms with E-state index in [1.54, 1.807) is 0 Å². The number of unbranched alkanes of at least 4 members (excludes halogenated alkanes) is 1. The molecule has 1 aliphatic rings. The second-order valence-electron chi connectivity index (χ2n) is 7.37. The summed E-state index contributed by atoms with van der Waals surface area (Å²) < 4.78 is 0. The van der Waals surface area contributed by atoms with Crippen LogP contribution in [0.2, 0.25) is 0 Å². The van der Waals surface area contributed by atoms with Gasteiger partial charge in [-0.15, -0.1) is 0 Å². The van der Waals surface area contributed by atoms with Gasteiger partial charge in [0.1, 0.15) is 0 Å². The van der Waals surface area contributed by atoms with Gasteiger partial charge in [0.25, 0.3) is 17.7 Å². The quantitative estimate of drug-likeness (QED) is 0.690. The first kappa shape index (κ1) is 21.2. The number of rotatable bonds is 7. The van der Waals surface area contributed by atoms with Crippen molar-refractivity contribution >= 4 is 29.3 Å². The zero-order valence-electron chi connectivity index (χ0n) is 17.4. The van der Waals surface area contributed by atoms with Crippen molar-refractivity contribution in [3.05, 3.63) is 64.2 Å². The number of anilines is 1. The number of fused-ring (bicyclic) bond motifs is 1. The molecule has 156 valence electrons. The molecule has 0 aromatic heterocycles. The maximum atomic E-state index is 12.5. The van der Waals surface area contributed by atoms with E-state index in [-0.39, 0.29) is 35.4 Å². The molecule has 2 aromatic rings. The van der Waals surface area contributed by atoms with Gasteiger partial charge in [-0.3, -0.25) is 24.1 Å². The molecule has 0 unspecified atom stereocenters. The first-order chi connectivity index (χ1) is 14.3. The van der Waals surface area contributed by atoms with Crippen molar-refractivity contribution in [3.63, 3.8) is 0 Å². The van der Waals surface area contributed by atoms with Gasteiger partial charge in [-0.1, -0.05) is 31.5 Å². The molecule has 30 heavy (non-hydrogen) atoms. The molecule has 0 atom stereocenters. The number of imide groups is 1. The molecule has 7 nitrogen and oxygen atoms in total. The Balaban J connectivity index is 1.65. The summed E-state index contributed by atoms with van der Waals surface area (Å²) in [6, 6.07) is 10.1. The zero-order chi connectivity index (χ0) is 21.8. The van der Waals surface area contributed by atoms with Gasteiger partial charge in [-0.25, -0.2) is 0 Å². The molecule has 0 saturated heterocycles. The highest BCUT2D eigenvalue weighted by atomic mass is 16.2. The molecule has 2 N–H and O–H groups in total. The minimum Gasteiger partial charge on any atom is -0.343 e. The fourth-order valence-corrected chi connectivity index (χ4v) is 3.41. The maximum Gasteiger partial charge on any atom is 0.261 e. The van der Waals surface area contributed by atoms with Gasteiger partial charge in [0, 0.05) is 17.8 Å². The van der Waals surface area contributed by atoms with Crippen LogP contribution in [0.1, 0.15) is 62.0 Å². The van der Waals surface area contributed by atoms with E-state index < -0.39 is 5.91 Å². The Morgan fingerprint density at radius 1 is 0.967 bits per heavy atom. The maximum absolute atomic E-state index is 12.5. The van der Waals surface area contributed by atoms with Gasteiger partial charge in [0.05, 0.1) is 17.7 Å². The van der Waals surface area contributed by atoms with Crippen molar-refractivity contribution in [1.82, 2.24) is 10.2 Å². The summed E-state index contributed by atoms with van der Waals surface area (Å²) in [6.07, 6.45) is 1.60. The monoisotopic (exact) mass is 407 g/mol. The average molecular weight is 407 g/mol. The first-order valence-electron chi connectivity index (χ1n) is 9.98. The van der Waals surface area contributed by atoms with Crippen LogP contribution >= 0.6 is 0 Å². The molecular weight excluding hydrogens is 382 g/mol. The van der Waals surface area contributed by atoms with E-state index >= 15 is 0 Å². The van der Waals surface area contributed by atoms with E-state index in [0.717, 1.165) is 29.7 Å². The van der Waals surface area contributed by atoms with Gasteiger partial charge in [0.15, 0.2) is 0 Å². The van der Waals surface area contributed by atoms with Crippen LogP contribution < -0.4 is 10.6 Å². The largest absolute Gasteiger partial charge is 0.343 e. The minimum absolute atomic E-state index is 0.209. The Labute approximate surface area is 175 Å². The average Bonchev–Trinajstić information content (AvgIpc) is 2.97. The lowest BCUT2D eigenvalue weighted by atomic mass is 10.1. The van der Waals surface area contributed by atoms with Crippen LogP contribution in [0.5, 0.6) is 0 Å². The van der Waals surface area contributed by atoms with Gasteiger partial charge in [0.2, 0.25) is 5.91 Å². The van der Waals surface area contributed by atoms with E-state index in [1.807, 2.05) is 39.0 Å². The van der Waals surface area contributed by atoms with Crippen LogP contribution in [0.25, 0.3) is 0 Å². The number of hydrogen-bond acceptors (Lipinski definition) is 4. The van der Waals surface area contributed by atoms with Crippen molar-refractivity contribution < 1.29 is 19.2 Å². The number of hydrogen-bond donors (Lipinski definition) is 2. The Morgan fingerprint density at radius 3 is 2.30 bits per heavy atom. The minimum atomic E-state index is -0.485. The Hall–Kier alpha value is -3.48. The molecule has 4 amide bonds. The van der Waals surface area contributed by atoms with Crippen LogP contribution in [0.15, 0.2) is 36.4 Å². The molecule has 2 aromatic carbocycles. The van der Waals surface area contributed by atoms with E-state index in [0.29, 0.717) is 12.1 Å². The summed E-state index contributed by atoms with van der Waals surface area (Å²) in [5, 5.41) is 5.37. The molecule has 1 heterocycles. The molecule has 0 bridgehead atoms. The van der Waals surface area contributed by atoms with Gasteiger partial charge in [-0.05, 0) is 49.6 Å². The molecule has 1 aliphatic heterocycles. The van der Waals surface area contributed by atoms with E-state index in [9.17, 15) is 19.2 Å². The summed E-state index contributed by atoms with van der Waals surface area (Å²) in [4.78, 5) is 50.9. The van der Waals surface area contributed by atoms with Crippen LogP contribution in [0, 0.1) is 13.8 Å². The lowest BCUT2D eigenvalue weighted by Crippen LogP contribution is -2.33. The predicted octanol–water partition coefficient (Wildman–Crippen LogP) is 3.07. The summed E-state index contributed by atoms with van der Waals surface area (Å²) >= 11 is 0. The van der Waals surface area contributed by atoms with Crippen LogP contribution in [-0.2, 0) is 4.79 Å². The number of amides is 4. The summed E-state index contributed by atoms with van der Waals surface area (Å²) in [5.41, 5.74) is 3.36. The molecule has 0 spiro atoms.